The van der Waals surface area contributed by atoms with Crippen molar-refractivity contribution < 1.29 is 9.50 Å². The molecule has 2 aromatic heterocycles. The molecule has 1 N–H and O–H groups in total. The molecule has 1 atom stereocenters. The van der Waals surface area contributed by atoms with Crippen LogP contribution in [-0.4, -0.2) is 25.5 Å². The molecule has 0 bridgehead atoms. The van der Waals surface area contributed by atoms with Crippen molar-refractivity contribution in [3.63, 3.8) is 0 Å². The summed E-state index contributed by atoms with van der Waals surface area (Å²) in [5.41, 5.74) is 0.730. The summed E-state index contributed by atoms with van der Waals surface area (Å²) >= 11 is 13.2. The van der Waals surface area contributed by atoms with Crippen molar-refractivity contribution in [2.24, 2.45) is 0 Å². The van der Waals surface area contributed by atoms with Crippen LogP contribution in [0.5, 0.6) is 0 Å². The Bertz CT molecular complexity index is 827. The average Bonchev–Trinajstić information content (AvgIpc) is 2.88. The van der Waals surface area contributed by atoms with Gasteiger partial charge >= 0.3 is 0 Å². The third-order valence-corrected chi connectivity index (χ3v) is 4.53. The Morgan fingerprint density at radius 3 is 2.82 bits per heavy atom. The van der Waals surface area contributed by atoms with Crippen molar-refractivity contribution in [3.05, 3.63) is 58.0 Å². The number of fused-ring (bicyclic) bond motifs is 1. The van der Waals surface area contributed by atoms with E-state index < -0.39 is 11.9 Å². The van der Waals surface area contributed by atoms with Gasteiger partial charge in [-0.15, -0.1) is 10.2 Å². The fraction of sp³-hybridized carbons (Fsp3) is 0.143. The summed E-state index contributed by atoms with van der Waals surface area (Å²) in [7, 11) is 0. The van der Waals surface area contributed by atoms with Crippen LogP contribution in [0, 0.1) is 5.82 Å². The van der Waals surface area contributed by atoms with E-state index >= 15 is 0 Å². The van der Waals surface area contributed by atoms with E-state index in [1.165, 1.54) is 17.8 Å². The number of benzene rings is 1. The van der Waals surface area contributed by atoms with Crippen molar-refractivity contribution in [3.8, 4) is 0 Å². The molecule has 2 heterocycles. The number of pyridine rings is 1. The molecule has 0 radical (unpaired) electrons. The van der Waals surface area contributed by atoms with Gasteiger partial charge in [0.15, 0.2) is 10.8 Å². The smallest absolute Gasteiger partial charge is 0.195 e. The second-order valence-electron chi connectivity index (χ2n) is 4.53. The lowest BCUT2D eigenvalue weighted by molar-refractivity contribution is 0.199. The van der Waals surface area contributed by atoms with Gasteiger partial charge in [0.1, 0.15) is 5.82 Å². The third-order valence-electron chi connectivity index (χ3n) is 3.03. The monoisotopic (exact) mass is 357 g/mol. The lowest BCUT2D eigenvalue weighted by Gasteiger charge is -2.10. The topological polar surface area (TPSA) is 50.4 Å². The number of hydrogen-bond donors (Lipinski definition) is 1. The molecule has 0 saturated carbocycles. The Morgan fingerprint density at radius 1 is 1.27 bits per heavy atom. The SMILES string of the molecule is OC(CSc1nnc2c(Cl)cc(Cl)cn12)c1ccccc1F. The first kappa shape index (κ1) is 15.6. The van der Waals surface area contributed by atoms with Gasteiger partial charge < -0.3 is 5.11 Å². The highest BCUT2D eigenvalue weighted by molar-refractivity contribution is 7.99. The first-order valence-electron chi connectivity index (χ1n) is 6.31. The highest BCUT2D eigenvalue weighted by Crippen LogP contribution is 2.28. The van der Waals surface area contributed by atoms with Gasteiger partial charge in [-0.2, -0.15) is 0 Å². The number of aliphatic hydroxyl groups excluding tert-OH is 1. The molecular formula is C14H10Cl2FN3OS. The molecule has 1 aromatic carbocycles. The van der Waals surface area contributed by atoms with Crippen molar-refractivity contribution in [2.45, 2.75) is 11.3 Å². The molecule has 8 heteroatoms. The lowest BCUT2D eigenvalue weighted by Crippen LogP contribution is -2.04. The number of aliphatic hydroxyl groups is 1. The van der Waals surface area contributed by atoms with E-state index in [2.05, 4.69) is 10.2 Å². The highest BCUT2D eigenvalue weighted by Gasteiger charge is 2.16. The van der Waals surface area contributed by atoms with Crippen molar-refractivity contribution in [1.29, 1.82) is 0 Å². The van der Waals surface area contributed by atoms with Crippen molar-refractivity contribution in [1.82, 2.24) is 14.6 Å². The van der Waals surface area contributed by atoms with Crippen LogP contribution in [0.4, 0.5) is 4.39 Å². The molecule has 1 unspecified atom stereocenters. The molecule has 0 amide bonds. The van der Waals surface area contributed by atoms with Crippen LogP contribution in [0.15, 0.2) is 41.7 Å². The van der Waals surface area contributed by atoms with Gasteiger partial charge in [-0.25, -0.2) is 4.39 Å². The van der Waals surface area contributed by atoms with Crippen LogP contribution in [0.1, 0.15) is 11.7 Å². The second kappa shape index (κ2) is 6.42. The van der Waals surface area contributed by atoms with Crippen molar-refractivity contribution >= 4 is 40.6 Å². The van der Waals surface area contributed by atoms with Crippen LogP contribution in [-0.2, 0) is 0 Å². The Balaban J connectivity index is 1.81. The lowest BCUT2D eigenvalue weighted by atomic mass is 10.1. The normalized spacial score (nSPS) is 12.7. The number of aromatic nitrogens is 3. The van der Waals surface area contributed by atoms with E-state index in [0.29, 0.717) is 20.8 Å². The maximum absolute atomic E-state index is 13.6. The maximum atomic E-state index is 13.6. The minimum atomic E-state index is -0.951. The number of rotatable bonds is 4. The molecule has 0 fully saturated rings. The van der Waals surface area contributed by atoms with Crippen LogP contribution in [0.25, 0.3) is 5.65 Å². The zero-order valence-electron chi connectivity index (χ0n) is 11.1. The highest BCUT2D eigenvalue weighted by atomic mass is 35.5. The minimum absolute atomic E-state index is 0.228. The Hall–Kier alpha value is -1.34. The first-order chi connectivity index (χ1) is 10.6. The molecule has 0 aliphatic rings. The van der Waals surface area contributed by atoms with E-state index in [9.17, 15) is 9.50 Å². The fourth-order valence-corrected chi connectivity index (χ4v) is 3.36. The summed E-state index contributed by atoms with van der Waals surface area (Å²) in [4.78, 5) is 0. The van der Waals surface area contributed by atoms with Crippen molar-refractivity contribution in [2.75, 3.05) is 5.75 Å². The molecule has 0 spiro atoms. The second-order valence-corrected chi connectivity index (χ2v) is 6.36. The molecule has 22 heavy (non-hydrogen) atoms. The van der Waals surface area contributed by atoms with Gasteiger partial charge in [-0.1, -0.05) is 53.2 Å². The van der Waals surface area contributed by atoms with E-state index in [-0.39, 0.29) is 11.3 Å². The molecule has 0 aliphatic carbocycles. The van der Waals surface area contributed by atoms with Gasteiger partial charge in [0.05, 0.1) is 16.1 Å². The molecule has 0 aliphatic heterocycles. The third kappa shape index (κ3) is 3.05. The number of nitrogens with zero attached hydrogens (tertiary/aromatic N) is 3. The summed E-state index contributed by atoms with van der Waals surface area (Å²) in [5.74, 6) is -0.209. The van der Waals surface area contributed by atoms with Crippen LogP contribution < -0.4 is 0 Å². The van der Waals surface area contributed by atoms with Gasteiger partial charge in [-0.05, 0) is 12.1 Å². The van der Waals surface area contributed by atoms with E-state index in [4.69, 9.17) is 23.2 Å². The van der Waals surface area contributed by atoms with Crippen LogP contribution in [0.3, 0.4) is 0 Å². The number of halogens is 3. The predicted octanol–water partition coefficient (Wildman–Crippen LogP) is 4.00. The Morgan fingerprint density at radius 2 is 2.05 bits per heavy atom. The summed E-state index contributed by atoms with van der Waals surface area (Å²) < 4.78 is 15.3. The summed E-state index contributed by atoms with van der Waals surface area (Å²) in [6.45, 7) is 0. The van der Waals surface area contributed by atoms with Crippen LogP contribution >= 0.6 is 35.0 Å². The predicted molar refractivity (Wildman–Crippen MR) is 85.1 cm³/mol. The first-order valence-corrected chi connectivity index (χ1v) is 8.05. The molecule has 114 valence electrons. The minimum Gasteiger partial charge on any atom is -0.387 e. The Labute approximate surface area is 139 Å². The zero-order chi connectivity index (χ0) is 15.7. The summed E-state index contributed by atoms with van der Waals surface area (Å²) in [6.07, 6.45) is 0.689. The summed E-state index contributed by atoms with van der Waals surface area (Å²) in [6, 6.07) is 7.70. The Kier molecular flexibility index (Phi) is 4.54. The van der Waals surface area contributed by atoms with E-state index in [1.54, 1.807) is 34.9 Å². The summed E-state index contributed by atoms with van der Waals surface area (Å²) in [5, 5.41) is 19.5. The van der Waals surface area contributed by atoms with Gasteiger partial charge in [0.2, 0.25) is 0 Å². The zero-order valence-corrected chi connectivity index (χ0v) is 13.4. The van der Waals surface area contributed by atoms with E-state index in [0.717, 1.165) is 0 Å². The fourth-order valence-electron chi connectivity index (χ4n) is 1.99. The van der Waals surface area contributed by atoms with Gasteiger partial charge in [0, 0.05) is 17.5 Å². The maximum Gasteiger partial charge on any atom is 0.195 e. The van der Waals surface area contributed by atoms with Gasteiger partial charge in [0.25, 0.3) is 0 Å². The number of hydrogen-bond acceptors (Lipinski definition) is 4. The average molecular weight is 358 g/mol. The molecule has 0 saturated heterocycles. The quantitative estimate of drug-likeness (QED) is 0.717. The molecule has 3 aromatic rings. The van der Waals surface area contributed by atoms with E-state index in [1.807, 2.05) is 0 Å². The standard InChI is InChI=1S/C14H10Cl2FN3OS/c15-8-5-10(16)13-18-19-14(20(13)6-8)22-7-12(21)9-3-1-2-4-11(9)17/h1-6,12,21H,7H2. The number of thioether (sulfide) groups is 1. The van der Waals surface area contributed by atoms with Gasteiger partial charge in [-0.3, -0.25) is 4.40 Å². The molecular weight excluding hydrogens is 348 g/mol. The molecule has 4 nitrogen and oxygen atoms in total. The molecule has 3 rings (SSSR count). The van der Waals surface area contributed by atoms with Crippen LogP contribution in [0.2, 0.25) is 10.0 Å². The largest absolute Gasteiger partial charge is 0.387 e.